The fourth-order valence-electron chi connectivity index (χ4n) is 3.62. The van der Waals surface area contributed by atoms with Crippen molar-refractivity contribution in [2.24, 2.45) is 0 Å². The Hall–Kier alpha value is -3.00. The third-order valence-electron chi connectivity index (χ3n) is 5.20. The lowest BCUT2D eigenvalue weighted by Gasteiger charge is -2.31. The third kappa shape index (κ3) is 4.14. The molecule has 0 aliphatic carbocycles. The SMILES string of the molecule is COc1cc(OC)cc(C(=O)N2CCCC(c3nnc(-c4ccccc4F)s3)C2)c1. The third-order valence-corrected chi connectivity index (χ3v) is 6.32. The van der Waals surface area contributed by atoms with Crippen molar-refractivity contribution in [3.8, 4) is 22.1 Å². The fraction of sp³-hybridized carbons (Fsp3) is 0.318. The maximum Gasteiger partial charge on any atom is 0.254 e. The van der Waals surface area contributed by atoms with Crippen LogP contribution in [0.5, 0.6) is 11.5 Å². The standard InChI is InChI=1S/C22H22FN3O3S/c1-28-16-10-15(11-17(12-16)29-2)22(27)26-9-5-6-14(13-26)20-24-25-21(30-20)18-7-3-4-8-19(18)23/h3-4,7-8,10-12,14H,5-6,9,13H2,1-2H3. The van der Waals surface area contributed by atoms with Crippen LogP contribution in [0.25, 0.3) is 10.6 Å². The topological polar surface area (TPSA) is 64.6 Å². The quantitative estimate of drug-likeness (QED) is 0.605. The van der Waals surface area contributed by atoms with E-state index in [2.05, 4.69) is 10.2 Å². The zero-order valence-corrected chi connectivity index (χ0v) is 17.6. The summed E-state index contributed by atoms with van der Waals surface area (Å²) in [4.78, 5) is 14.9. The van der Waals surface area contributed by atoms with Crippen molar-refractivity contribution < 1.29 is 18.7 Å². The van der Waals surface area contributed by atoms with Gasteiger partial charge in [0.05, 0.1) is 14.2 Å². The predicted molar refractivity (Wildman–Crippen MR) is 113 cm³/mol. The van der Waals surface area contributed by atoms with E-state index in [4.69, 9.17) is 9.47 Å². The van der Waals surface area contributed by atoms with Crippen LogP contribution in [0.3, 0.4) is 0 Å². The molecule has 0 bridgehead atoms. The van der Waals surface area contributed by atoms with Gasteiger partial charge in [-0.3, -0.25) is 4.79 Å². The van der Waals surface area contributed by atoms with Crippen LogP contribution in [-0.4, -0.2) is 48.3 Å². The van der Waals surface area contributed by atoms with Crippen molar-refractivity contribution >= 4 is 17.2 Å². The van der Waals surface area contributed by atoms with Crippen LogP contribution in [-0.2, 0) is 0 Å². The minimum Gasteiger partial charge on any atom is -0.497 e. The first-order valence-corrected chi connectivity index (χ1v) is 10.5. The zero-order chi connectivity index (χ0) is 21.1. The number of aromatic nitrogens is 2. The van der Waals surface area contributed by atoms with E-state index in [1.54, 1.807) is 50.6 Å². The molecule has 1 aliphatic heterocycles. The molecule has 1 aliphatic rings. The highest BCUT2D eigenvalue weighted by Gasteiger charge is 2.28. The van der Waals surface area contributed by atoms with Crippen molar-refractivity contribution in [2.75, 3.05) is 27.3 Å². The number of halogens is 1. The van der Waals surface area contributed by atoms with Crippen molar-refractivity contribution in [3.05, 3.63) is 58.9 Å². The van der Waals surface area contributed by atoms with Crippen molar-refractivity contribution in [1.29, 1.82) is 0 Å². The molecule has 1 unspecified atom stereocenters. The number of hydrogen-bond donors (Lipinski definition) is 0. The Labute approximate surface area is 178 Å². The Morgan fingerprint density at radius 3 is 2.57 bits per heavy atom. The lowest BCUT2D eigenvalue weighted by Crippen LogP contribution is -2.39. The Kier molecular flexibility index (Phi) is 5.94. The number of methoxy groups -OCH3 is 2. The number of ether oxygens (including phenoxy) is 2. The molecule has 1 amide bonds. The molecule has 0 N–H and O–H groups in total. The average Bonchev–Trinajstić information content (AvgIpc) is 3.28. The normalized spacial score (nSPS) is 16.4. The number of benzene rings is 2. The van der Waals surface area contributed by atoms with Gasteiger partial charge < -0.3 is 14.4 Å². The van der Waals surface area contributed by atoms with Crippen LogP contribution in [0, 0.1) is 5.82 Å². The van der Waals surface area contributed by atoms with Crippen LogP contribution in [0.4, 0.5) is 4.39 Å². The number of hydrogen-bond acceptors (Lipinski definition) is 6. The summed E-state index contributed by atoms with van der Waals surface area (Å²) in [6.45, 7) is 1.22. The summed E-state index contributed by atoms with van der Waals surface area (Å²) in [5, 5.41) is 9.88. The lowest BCUT2D eigenvalue weighted by atomic mass is 9.98. The highest BCUT2D eigenvalue weighted by atomic mass is 32.1. The molecule has 3 aromatic rings. The molecule has 8 heteroatoms. The van der Waals surface area contributed by atoms with Gasteiger partial charge >= 0.3 is 0 Å². The Bertz CT molecular complexity index is 1030. The van der Waals surface area contributed by atoms with Gasteiger partial charge in [0, 0.05) is 36.2 Å². The first kappa shape index (κ1) is 20.3. The molecule has 1 aromatic heterocycles. The molecule has 1 fully saturated rings. The molecule has 0 saturated carbocycles. The van der Waals surface area contributed by atoms with E-state index in [0.29, 0.717) is 40.7 Å². The van der Waals surface area contributed by atoms with E-state index in [-0.39, 0.29) is 17.6 Å². The van der Waals surface area contributed by atoms with Gasteiger partial charge in [0.2, 0.25) is 0 Å². The van der Waals surface area contributed by atoms with Gasteiger partial charge in [-0.15, -0.1) is 10.2 Å². The molecule has 4 rings (SSSR count). The van der Waals surface area contributed by atoms with Crippen LogP contribution < -0.4 is 9.47 Å². The number of rotatable bonds is 5. The van der Waals surface area contributed by atoms with Crippen molar-refractivity contribution in [2.45, 2.75) is 18.8 Å². The maximum absolute atomic E-state index is 14.1. The molecule has 6 nitrogen and oxygen atoms in total. The van der Waals surface area contributed by atoms with Gasteiger partial charge in [-0.1, -0.05) is 23.5 Å². The molecule has 2 aromatic carbocycles. The molecular formula is C22H22FN3O3S. The predicted octanol–water partition coefficient (Wildman–Crippen LogP) is 4.38. The number of likely N-dealkylation sites (tertiary alicyclic amines) is 1. The highest BCUT2D eigenvalue weighted by molar-refractivity contribution is 7.14. The summed E-state index contributed by atoms with van der Waals surface area (Å²) >= 11 is 1.39. The average molecular weight is 428 g/mol. The number of nitrogens with zero attached hydrogens (tertiary/aromatic N) is 3. The Morgan fingerprint density at radius 1 is 1.13 bits per heavy atom. The van der Waals surface area contributed by atoms with Gasteiger partial charge in [0.1, 0.15) is 22.3 Å². The maximum atomic E-state index is 14.1. The number of carbonyl (C=O) groups excluding carboxylic acids is 1. The van der Waals surface area contributed by atoms with E-state index in [9.17, 15) is 9.18 Å². The van der Waals surface area contributed by atoms with Crippen molar-refractivity contribution in [3.63, 3.8) is 0 Å². The first-order valence-electron chi connectivity index (χ1n) is 9.69. The molecule has 156 valence electrons. The summed E-state index contributed by atoms with van der Waals surface area (Å²) < 4.78 is 24.6. The Morgan fingerprint density at radius 2 is 1.87 bits per heavy atom. The van der Waals surface area contributed by atoms with Crippen LogP contribution in [0.2, 0.25) is 0 Å². The van der Waals surface area contributed by atoms with Gasteiger partial charge in [-0.05, 0) is 37.1 Å². The molecule has 2 heterocycles. The lowest BCUT2D eigenvalue weighted by molar-refractivity contribution is 0.0706. The molecular weight excluding hydrogens is 405 g/mol. The zero-order valence-electron chi connectivity index (χ0n) is 16.8. The van der Waals surface area contributed by atoms with E-state index < -0.39 is 0 Å². The van der Waals surface area contributed by atoms with E-state index in [1.165, 1.54) is 17.4 Å². The summed E-state index contributed by atoms with van der Waals surface area (Å²) in [5.41, 5.74) is 0.977. The van der Waals surface area contributed by atoms with E-state index in [1.807, 2.05) is 4.90 Å². The smallest absolute Gasteiger partial charge is 0.254 e. The molecule has 1 atom stereocenters. The second kappa shape index (κ2) is 8.79. The summed E-state index contributed by atoms with van der Waals surface area (Å²) in [6, 6.07) is 11.7. The summed E-state index contributed by atoms with van der Waals surface area (Å²) in [5.74, 6) is 0.839. The molecule has 30 heavy (non-hydrogen) atoms. The van der Waals surface area contributed by atoms with Gasteiger partial charge in [-0.25, -0.2) is 4.39 Å². The number of carbonyl (C=O) groups is 1. The van der Waals surface area contributed by atoms with Gasteiger partial charge in [0.25, 0.3) is 5.91 Å². The first-order chi connectivity index (χ1) is 14.6. The molecule has 0 spiro atoms. The van der Waals surface area contributed by atoms with Gasteiger partial charge in [0.15, 0.2) is 5.01 Å². The minimum atomic E-state index is -0.312. The van der Waals surface area contributed by atoms with Gasteiger partial charge in [-0.2, -0.15) is 0 Å². The molecule has 0 radical (unpaired) electrons. The number of piperidine rings is 1. The highest BCUT2D eigenvalue weighted by Crippen LogP contribution is 2.34. The van der Waals surface area contributed by atoms with Crippen LogP contribution in [0.15, 0.2) is 42.5 Å². The summed E-state index contributed by atoms with van der Waals surface area (Å²) in [7, 11) is 3.12. The monoisotopic (exact) mass is 427 g/mol. The van der Waals surface area contributed by atoms with Crippen LogP contribution >= 0.6 is 11.3 Å². The van der Waals surface area contributed by atoms with Crippen molar-refractivity contribution in [1.82, 2.24) is 15.1 Å². The second-order valence-corrected chi connectivity index (χ2v) is 8.13. The van der Waals surface area contributed by atoms with E-state index >= 15 is 0 Å². The second-order valence-electron chi connectivity index (χ2n) is 7.12. The largest absolute Gasteiger partial charge is 0.497 e. The van der Waals surface area contributed by atoms with Crippen LogP contribution in [0.1, 0.15) is 34.1 Å². The van der Waals surface area contributed by atoms with E-state index in [0.717, 1.165) is 17.8 Å². The fourth-order valence-corrected chi connectivity index (χ4v) is 4.62. The number of amides is 1. The Balaban J connectivity index is 1.53. The molecule has 1 saturated heterocycles. The minimum absolute atomic E-state index is 0.0734. The summed E-state index contributed by atoms with van der Waals surface area (Å²) in [6.07, 6.45) is 1.78.